The summed E-state index contributed by atoms with van der Waals surface area (Å²) in [7, 11) is 0. The monoisotopic (exact) mass is 293 g/mol. The molecular weight excluding hydrogens is 274 g/mol. The number of rotatable bonds is 7. The minimum atomic E-state index is 0.370. The number of anilines is 1. The summed E-state index contributed by atoms with van der Waals surface area (Å²) in [6.07, 6.45) is 5.26. The molecule has 0 unspecified atom stereocenters. The van der Waals surface area contributed by atoms with Gasteiger partial charge in [-0.2, -0.15) is 0 Å². The van der Waals surface area contributed by atoms with Crippen molar-refractivity contribution in [3.05, 3.63) is 85.5 Å². The predicted molar refractivity (Wildman–Crippen MR) is 91.3 cm³/mol. The molecule has 0 saturated carbocycles. The van der Waals surface area contributed by atoms with E-state index in [1.54, 1.807) is 24.3 Å². The van der Waals surface area contributed by atoms with Crippen LogP contribution in [0.1, 0.15) is 0 Å². The van der Waals surface area contributed by atoms with E-state index in [4.69, 9.17) is 15.2 Å². The van der Waals surface area contributed by atoms with E-state index in [0.29, 0.717) is 23.8 Å². The molecule has 0 atom stereocenters. The molecule has 0 spiro atoms. The largest absolute Gasteiger partial charge is 0.487 e. The number of nitrogen functional groups attached to an aromatic ring is 1. The summed E-state index contributed by atoms with van der Waals surface area (Å²) < 4.78 is 11.5. The highest BCUT2D eigenvalue weighted by atomic mass is 16.5. The first kappa shape index (κ1) is 15.4. The van der Waals surface area contributed by atoms with Crippen LogP contribution < -0.4 is 15.2 Å². The molecule has 2 aromatic carbocycles. The molecule has 22 heavy (non-hydrogen) atoms. The van der Waals surface area contributed by atoms with Crippen molar-refractivity contribution in [1.29, 1.82) is 0 Å². The van der Waals surface area contributed by atoms with E-state index < -0.39 is 0 Å². The Balaban J connectivity index is 2.11. The van der Waals surface area contributed by atoms with E-state index in [1.165, 1.54) is 0 Å². The van der Waals surface area contributed by atoms with Crippen molar-refractivity contribution in [2.45, 2.75) is 0 Å². The van der Waals surface area contributed by atoms with E-state index in [2.05, 4.69) is 13.2 Å². The Morgan fingerprint density at radius 3 is 2.50 bits per heavy atom. The van der Waals surface area contributed by atoms with Crippen molar-refractivity contribution >= 4 is 5.69 Å². The molecule has 2 rings (SSSR count). The predicted octanol–water partition coefficient (Wildman–Crippen LogP) is 4.74. The normalized spacial score (nSPS) is 10.8. The van der Waals surface area contributed by atoms with Crippen LogP contribution >= 0.6 is 0 Å². The van der Waals surface area contributed by atoms with E-state index in [0.717, 1.165) is 11.3 Å². The first-order chi connectivity index (χ1) is 10.7. The first-order valence-corrected chi connectivity index (χ1v) is 6.92. The lowest BCUT2D eigenvalue weighted by molar-refractivity contribution is 0.355. The van der Waals surface area contributed by atoms with Gasteiger partial charge in [-0.1, -0.05) is 49.6 Å². The molecule has 0 aliphatic heterocycles. The molecule has 3 heteroatoms. The lowest BCUT2D eigenvalue weighted by atomic mass is 10.2. The second-order valence-corrected chi connectivity index (χ2v) is 4.58. The maximum absolute atomic E-state index is 5.94. The number of benzene rings is 2. The number of nitrogens with two attached hydrogens (primary N) is 1. The summed E-state index contributed by atoms with van der Waals surface area (Å²) in [5.74, 6) is 2.00. The summed E-state index contributed by atoms with van der Waals surface area (Å²) in [5.41, 5.74) is 7.42. The zero-order chi connectivity index (χ0) is 15.8. The van der Waals surface area contributed by atoms with Gasteiger partial charge < -0.3 is 15.2 Å². The van der Waals surface area contributed by atoms with Gasteiger partial charge in [0, 0.05) is 6.07 Å². The topological polar surface area (TPSA) is 44.5 Å². The van der Waals surface area contributed by atoms with Crippen molar-refractivity contribution in [3.8, 4) is 17.2 Å². The summed E-state index contributed by atoms with van der Waals surface area (Å²) >= 11 is 0. The van der Waals surface area contributed by atoms with Crippen molar-refractivity contribution < 1.29 is 9.47 Å². The minimum Gasteiger partial charge on any atom is -0.487 e. The van der Waals surface area contributed by atoms with E-state index in [1.807, 2.05) is 42.5 Å². The standard InChI is InChI=1S/C19H19NO2/c1-3-8-15(4-2)14-21-19-13-17(11-12-18(19)20)22-16-9-6-5-7-10-16/h3-13H,1-2,14,20H2/b15-8+. The second kappa shape index (κ2) is 7.74. The van der Waals surface area contributed by atoms with Crippen molar-refractivity contribution in [1.82, 2.24) is 0 Å². The number of allylic oxidation sites excluding steroid dienone is 2. The Kier molecular flexibility index (Phi) is 5.44. The highest BCUT2D eigenvalue weighted by Crippen LogP contribution is 2.30. The maximum atomic E-state index is 5.94. The van der Waals surface area contributed by atoms with Gasteiger partial charge in [-0.3, -0.25) is 0 Å². The van der Waals surface area contributed by atoms with Gasteiger partial charge in [-0.25, -0.2) is 0 Å². The summed E-state index contributed by atoms with van der Waals surface area (Å²) in [4.78, 5) is 0. The average molecular weight is 293 g/mol. The average Bonchev–Trinajstić information content (AvgIpc) is 2.55. The Hall–Kier alpha value is -2.94. The Morgan fingerprint density at radius 1 is 1.05 bits per heavy atom. The molecule has 2 aromatic rings. The number of para-hydroxylation sites is 1. The molecule has 3 nitrogen and oxygen atoms in total. The fraction of sp³-hybridized carbons (Fsp3) is 0.0526. The van der Waals surface area contributed by atoms with Crippen molar-refractivity contribution in [2.24, 2.45) is 0 Å². The van der Waals surface area contributed by atoms with Gasteiger partial charge in [-0.15, -0.1) is 0 Å². The number of hydrogen-bond donors (Lipinski definition) is 1. The lowest BCUT2D eigenvalue weighted by Crippen LogP contribution is -2.02. The Bertz CT molecular complexity index is 675. The first-order valence-electron chi connectivity index (χ1n) is 6.92. The lowest BCUT2D eigenvalue weighted by Gasteiger charge is -2.12. The SMILES string of the molecule is C=C/C=C(\C=C)COc1cc(Oc2ccccc2)ccc1N. The van der Waals surface area contributed by atoms with Gasteiger partial charge in [0.1, 0.15) is 23.9 Å². The van der Waals surface area contributed by atoms with Gasteiger partial charge in [0.15, 0.2) is 0 Å². The molecule has 0 heterocycles. The van der Waals surface area contributed by atoms with Crippen LogP contribution in [0, 0.1) is 0 Å². The van der Waals surface area contributed by atoms with Crippen LogP contribution in [0.4, 0.5) is 5.69 Å². The molecular formula is C19H19NO2. The van der Waals surface area contributed by atoms with E-state index in [9.17, 15) is 0 Å². The van der Waals surface area contributed by atoms with Gasteiger partial charge in [-0.05, 0) is 29.8 Å². The second-order valence-electron chi connectivity index (χ2n) is 4.58. The van der Waals surface area contributed by atoms with Crippen molar-refractivity contribution in [2.75, 3.05) is 12.3 Å². The molecule has 0 fully saturated rings. The zero-order valence-electron chi connectivity index (χ0n) is 12.4. The number of ether oxygens (including phenoxy) is 2. The Morgan fingerprint density at radius 2 is 1.82 bits per heavy atom. The third-order valence-corrected chi connectivity index (χ3v) is 2.95. The molecule has 0 radical (unpaired) electrons. The van der Waals surface area contributed by atoms with Gasteiger partial charge in [0.05, 0.1) is 5.69 Å². The number of hydrogen-bond acceptors (Lipinski definition) is 3. The molecule has 0 saturated heterocycles. The zero-order valence-corrected chi connectivity index (χ0v) is 12.4. The fourth-order valence-corrected chi connectivity index (χ4v) is 1.82. The molecule has 0 aromatic heterocycles. The highest BCUT2D eigenvalue weighted by molar-refractivity contribution is 5.56. The molecule has 0 amide bonds. The quantitative estimate of drug-likeness (QED) is 0.592. The van der Waals surface area contributed by atoms with E-state index >= 15 is 0 Å². The van der Waals surface area contributed by atoms with Crippen molar-refractivity contribution in [3.63, 3.8) is 0 Å². The molecule has 0 bridgehead atoms. The summed E-state index contributed by atoms with van der Waals surface area (Å²) in [6.45, 7) is 7.76. The van der Waals surface area contributed by atoms with Crippen LogP contribution in [0.5, 0.6) is 17.2 Å². The summed E-state index contributed by atoms with van der Waals surface area (Å²) in [6, 6.07) is 14.9. The van der Waals surface area contributed by atoms with Crippen LogP contribution in [-0.4, -0.2) is 6.61 Å². The third kappa shape index (κ3) is 4.28. The molecule has 0 aliphatic rings. The smallest absolute Gasteiger partial charge is 0.146 e. The third-order valence-electron chi connectivity index (χ3n) is 2.95. The van der Waals surface area contributed by atoms with Crippen LogP contribution in [0.2, 0.25) is 0 Å². The summed E-state index contributed by atoms with van der Waals surface area (Å²) in [5, 5.41) is 0. The molecule has 0 aliphatic carbocycles. The minimum absolute atomic E-state index is 0.370. The Labute approximate surface area is 131 Å². The maximum Gasteiger partial charge on any atom is 0.146 e. The van der Waals surface area contributed by atoms with Gasteiger partial charge in [0.25, 0.3) is 0 Å². The van der Waals surface area contributed by atoms with Crippen LogP contribution in [0.15, 0.2) is 85.5 Å². The van der Waals surface area contributed by atoms with Crippen LogP contribution in [-0.2, 0) is 0 Å². The molecule has 2 N–H and O–H groups in total. The van der Waals surface area contributed by atoms with Gasteiger partial charge >= 0.3 is 0 Å². The van der Waals surface area contributed by atoms with Crippen LogP contribution in [0.3, 0.4) is 0 Å². The van der Waals surface area contributed by atoms with Crippen LogP contribution in [0.25, 0.3) is 0 Å². The van der Waals surface area contributed by atoms with Gasteiger partial charge in [0.2, 0.25) is 0 Å². The fourth-order valence-electron chi connectivity index (χ4n) is 1.82. The van der Waals surface area contributed by atoms with E-state index in [-0.39, 0.29) is 0 Å². The highest BCUT2D eigenvalue weighted by Gasteiger charge is 2.05. The molecule has 112 valence electrons.